The second-order valence-corrected chi connectivity index (χ2v) is 5.28. The van der Waals surface area contributed by atoms with Gasteiger partial charge in [-0.25, -0.2) is 8.91 Å². The van der Waals surface area contributed by atoms with Crippen molar-refractivity contribution in [3.05, 3.63) is 70.2 Å². The van der Waals surface area contributed by atoms with Gasteiger partial charge in [0.05, 0.1) is 17.3 Å². The Balaban J connectivity index is 1.95. The van der Waals surface area contributed by atoms with Gasteiger partial charge in [0.15, 0.2) is 5.78 Å². The summed E-state index contributed by atoms with van der Waals surface area (Å²) < 4.78 is 15.6. The summed E-state index contributed by atoms with van der Waals surface area (Å²) in [4.78, 5) is 12.4. The Labute approximate surface area is 123 Å². The zero-order valence-corrected chi connectivity index (χ0v) is 12.0. The highest BCUT2D eigenvalue weighted by atomic mass is 79.9. The maximum Gasteiger partial charge on any atom is 0.171 e. The Kier molecular flexibility index (Phi) is 3.36. The Morgan fingerprint density at radius 3 is 3.00 bits per heavy atom. The van der Waals surface area contributed by atoms with Crippen LogP contribution in [0.15, 0.2) is 53.3 Å². The highest BCUT2D eigenvalue weighted by molar-refractivity contribution is 9.10. The van der Waals surface area contributed by atoms with Gasteiger partial charge in [-0.1, -0.05) is 22.0 Å². The van der Waals surface area contributed by atoms with Crippen LogP contribution in [-0.2, 0) is 6.42 Å². The fraction of sp³-hybridized carbons (Fsp3) is 0.0667. The number of rotatable bonds is 3. The Morgan fingerprint density at radius 2 is 2.15 bits per heavy atom. The quantitative estimate of drug-likeness (QED) is 0.686. The van der Waals surface area contributed by atoms with Gasteiger partial charge in [0.2, 0.25) is 0 Å². The van der Waals surface area contributed by atoms with Crippen molar-refractivity contribution in [2.75, 3.05) is 0 Å². The van der Waals surface area contributed by atoms with Gasteiger partial charge in [-0.2, -0.15) is 5.10 Å². The third kappa shape index (κ3) is 2.36. The number of halogens is 2. The van der Waals surface area contributed by atoms with E-state index in [1.54, 1.807) is 23.0 Å². The van der Waals surface area contributed by atoms with Crippen molar-refractivity contribution < 1.29 is 9.18 Å². The second-order valence-electron chi connectivity index (χ2n) is 4.42. The number of pyridine rings is 1. The number of carbonyl (C=O) groups excluding carboxylic acids is 1. The third-order valence-electron chi connectivity index (χ3n) is 3.09. The van der Waals surface area contributed by atoms with Gasteiger partial charge in [0, 0.05) is 17.1 Å². The van der Waals surface area contributed by atoms with Crippen LogP contribution in [0, 0.1) is 5.82 Å². The molecule has 2 heterocycles. The van der Waals surface area contributed by atoms with E-state index in [0.29, 0.717) is 11.1 Å². The minimum Gasteiger partial charge on any atom is -0.294 e. The lowest BCUT2D eigenvalue weighted by Crippen LogP contribution is -2.04. The molecule has 0 radical (unpaired) electrons. The van der Waals surface area contributed by atoms with E-state index in [0.717, 1.165) is 9.99 Å². The lowest BCUT2D eigenvalue weighted by atomic mass is 10.0. The smallest absolute Gasteiger partial charge is 0.171 e. The SMILES string of the molecule is O=C(Cc1cc(F)ccc1Br)c1cnn2ccccc12. The molecule has 0 fully saturated rings. The van der Waals surface area contributed by atoms with Crippen LogP contribution in [0.2, 0.25) is 0 Å². The molecule has 100 valence electrons. The zero-order valence-electron chi connectivity index (χ0n) is 10.4. The van der Waals surface area contributed by atoms with Crippen LogP contribution in [0.4, 0.5) is 4.39 Å². The second kappa shape index (κ2) is 5.17. The highest BCUT2D eigenvalue weighted by Crippen LogP contribution is 2.21. The fourth-order valence-corrected chi connectivity index (χ4v) is 2.48. The van der Waals surface area contributed by atoms with Crippen LogP contribution in [0.25, 0.3) is 5.52 Å². The monoisotopic (exact) mass is 332 g/mol. The molecule has 3 aromatic rings. The van der Waals surface area contributed by atoms with E-state index in [1.165, 1.54) is 12.1 Å². The van der Waals surface area contributed by atoms with E-state index in [2.05, 4.69) is 21.0 Å². The molecule has 0 aliphatic rings. The van der Waals surface area contributed by atoms with Crippen molar-refractivity contribution in [3.63, 3.8) is 0 Å². The van der Waals surface area contributed by atoms with E-state index in [-0.39, 0.29) is 18.0 Å². The van der Waals surface area contributed by atoms with Gasteiger partial charge in [0.1, 0.15) is 5.82 Å². The standard InChI is InChI=1S/C15H10BrFN2O/c16-13-5-4-11(17)7-10(13)8-15(20)12-9-18-19-6-2-1-3-14(12)19/h1-7,9H,8H2. The number of fused-ring (bicyclic) bond motifs is 1. The lowest BCUT2D eigenvalue weighted by molar-refractivity contribution is 0.0994. The maximum atomic E-state index is 13.2. The highest BCUT2D eigenvalue weighted by Gasteiger charge is 2.14. The number of ketones is 1. The summed E-state index contributed by atoms with van der Waals surface area (Å²) in [7, 11) is 0. The van der Waals surface area contributed by atoms with Gasteiger partial charge >= 0.3 is 0 Å². The van der Waals surface area contributed by atoms with Crippen LogP contribution in [0.5, 0.6) is 0 Å². The number of nitrogens with zero attached hydrogens (tertiary/aromatic N) is 2. The first kappa shape index (κ1) is 13.0. The predicted molar refractivity (Wildman–Crippen MR) is 77.3 cm³/mol. The molecule has 3 nitrogen and oxygen atoms in total. The van der Waals surface area contributed by atoms with Crippen LogP contribution in [0.1, 0.15) is 15.9 Å². The summed E-state index contributed by atoms with van der Waals surface area (Å²) >= 11 is 3.33. The summed E-state index contributed by atoms with van der Waals surface area (Å²) in [6.45, 7) is 0. The van der Waals surface area contributed by atoms with Gasteiger partial charge in [-0.3, -0.25) is 4.79 Å². The van der Waals surface area contributed by atoms with Crippen molar-refractivity contribution >= 4 is 27.2 Å². The van der Waals surface area contributed by atoms with Gasteiger partial charge < -0.3 is 0 Å². The number of hydrogen-bond donors (Lipinski definition) is 0. The summed E-state index contributed by atoms with van der Waals surface area (Å²) in [5, 5.41) is 4.13. The molecule has 0 amide bonds. The van der Waals surface area contributed by atoms with Crippen LogP contribution in [0.3, 0.4) is 0 Å². The molecule has 0 saturated heterocycles. The normalized spacial score (nSPS) is 10.9. The Bertz CT molecular complexity index is 797. The average molecular weight is 333 g/mol. The van der Waals surface area contributed by atoms with E-state index in [1.807, 2.05) is 18.2 Å². The van der Waals surface area contributed by atoms with E-state index in [9.17, 15) is 9.18 Å². The summed E-state index contributed by atoms with van der Waals surface area (Å²) in [6.07, 6.45) is 3.46. The molecule has 0 aliphatic heterocycles. The minimum absolute atomic E-state index is 0.0856. The number of carbonyl (C=O) groups is 1. The lowest BCUT2D eigenvalue weighted by Gasteiger charge is -2.03. The topological polar surface area (TPSA) is 34.4 Å². The molecule has 1 aromatic carbocycles. The van der Waals surface area contributed by atoms with Crippen molar-refractivity contribution in [1.29, 1.82) is 0 Å². The van der Waals surface area contributed by atoms with E-state index in [4.69, 9.17) is 0 Å². The first-order valence-electron chi connectivity index (χ1n) is 6.04. The van der Waals surface area contributed by atoms with Gasteiger partial charge in [-0.05, 0) is 35.9 Å². The van der Waals surface area contributed by atoms with Crippen molar-refractivity contribution in [2.45, 2.75) is 6.42 Å². The average Bonchev–Trinajstić information content (AvgIpc) is 2.87. The first-order valence-corrected chi connectivity index (χ1v) is 6.84. The molecule has 5 heteroatoms. The predicted octanol–water partition coefficient (Wildman–Crippen LogP) is 3.66. The molecule has 2 aromatic heterocycles. The number of benzene rings is 1. The van der Waals surface area contributed by atoms with Crippen LogP contribution < -0.4 is 0 Å². The van der Waals surface area contributed by atoms with E-state index < -0.39 is 0 Å². The molecule has 0 N–H and O–H groups in total. The van der Waals surface area contributed by atoms with Crippen molar-refractivity contribution in [3.8, 4) is 0 Å². The molecule has 0 spiro atoms. The Morgan fingerprint density at radius 1 is 1.30 bits per heavy atom. The molecule has 0 saturated carbocycles. The minimum atomic E-state index is -0.351. The third-order valence-corrected chi connectivity index (χ3v) is 3.86. The first-order chi connectivity index (χ1) is 9.65. The zero-order chi connectivity index (χ0) is 14.1. The van der Waals surface area contributed by atoms with Gasteiger partial charge in [-0.15, -0.1) is 0 Å². The largest absolute Gasteiger partial charge is 0.294 e. The van der Waals surface area contributed by atoms with Gasteiger partial charge in [0.25, 0.3) is 0 Å². The molecule has 0 bridgehead atoms. The summed E-state index contributed by atoms with van der Waals surface area (Å²) in [5.41, 5.74) is 1.93. The molecule has 0 aliphatic carbocycles. The number of Topliss-reactive ketones (excluding diaryl/α,β-unsaturated/α-hetero) is 1. The van der Waals surface area contributed by atoms with Crippen molar-refractivity contribution in [2.24, 2.45) is 0 Å². The summed E-state index contributed by atoms with van der Waals surface area (Å²) in [5.74, 6) is -0.437. The van der Waals surface area contributed by atoms with Crippen molar-refractivity contribution in [1.82, 2.24) is 9.61 Å². The van der Waals surface area contributed by atoms with Crippen LogP contribution >= 0.6 is 15.9 Å². The molecule has 0 atom stereocenters. The summed E-state index contributed by atoms with van der Waals surface area (Å²) in [6, 6.07) is 9.86. The maximum absolute atomic E-state index is 13.2. The number of aromatic nitrogens is 2. The molecule has 20 heavy (non-hydrogen) atoms. The molecule has 3 rings (SSSR count). The number of hydrogen-bond acceptors (Lipinski definition) is 2. The molecular weight excluding hydrogens is 323 g/mol. The van der Waals surface area contributed by atoms with Crippen LogP contribution in [-0.4, -0.2) is 15.4 Å². The molecule has 0 unspecified atom stereocenters. The molecular formula is C15H10BrFN2O. The Hall–Kier alpha value is -2.01. The van der Waals surface area contributed by atoms with E-state index >= 15 is 0 Å². The fourth-order valence-electron chi connectivity index (χ4n) is 2.10.